The molecule has 2 aliphatic heterocycles. The Kier molecular flexibility index (Phi) is 4.88. The van der Waals surface area contributed by atoms with Crippen LogP contribution in [0.4, 0.5) is 0 Å². The standard InChI is InChI=1S/C23H25ClO4/c1-4-19-16(13-5-8-15(24)9-6-13)12-18-21(27-19)17-11-14(22(25)26)7-10-20(17)28-23(18,2)3/h5-11,16,18-19,21H,4,12H2,1-3H3,(H,25,26)/t16-,18+,19+,21-/m1/s1. The molecule has 0 spiro atoms. The lowest BCUT2D eigenvalue weighted by Gasteiger charge is -2.51. The second-order valence-corrected chi connectivity index (χ2v) is 8.70. The second kappa shape index (κ2) is 7.09. The van der Waals surface area contributed by atoms with E-state index in [4.69, 9.17) is 21.1 Å². The lowest BCUT2D eigenvalue weighted by Crippen LogP contribution is -2.50. The van der Waals surface area contributed by atoms with Crippen LogP contribution in [0.3, 0.4) is 0 Å². The average Bonchev–Trinajstić information content (AvgIpc) is 2.67. The van der Waals surface area contributed by atoms with Gasteiger partial charge in [-0.1, -0.05) is 30.7 Å². The van der Waals surface area contributed by atoms with Crippen LogP contribution in [-0.4, -0.2) is 22.8 Å². The summed E-state index contributed by atoms with van der Waals surface area (Å²) >= 11 is 6.07. The van der Waals surface area contributed by atoms with Gasteiger partial charge < -0.3 is 14.6 Å². The number of fused-ring (bicyclic) bond motifs is 3. The molecular formula is C23H25ClO4. The van der Waals surface area contributed by atoms with Gasteiger partial charge in [0.05, 0.1) is 17.8 Å². The molecular weight excluding hydrogens is 376 g/mol. The Labute approximate surface area is 170 Å². The summed E-state index contributed by atoms with van der Waals surface area (Å²) in [4.78, 5) is 11.5. The average molecular weight is 401 g/mol. The number of hydrogen-bond acceptors (Lipinski definition) is 3. The van der Waals surface area contributed by atoms with E-state index in [0.717, 1.165) is 29.2 Å². The zero-order valence-corrected chi connectivity index (χ0v) is 17.1. The third kappa shape index (κ3) is 3.29. The first-order valence-electron chi connectivity index (χ1n) is 9.77. The Hall–Kier alpha value is -2.04. The van der Waals surface area contributed by atoms with Crippen molar-refractivity contribution < 1.29 is 19.4 Å². The van der Waals surface area contributed by atoms with Gasteiger partial charge in [-0.15, -0.1) is 0 Å². The quantitative estimate of drug-likeness (QED) is 0.702. The van der Waals surface area contributed by atoms with E-state index >= 15 is 0 Å². The highest BCUT2D eigenvalue weighted by Crippen LogP contribution is 2.54. The molecule has 0 bridgehead atoms. The maximum atomic E-state index is 11.5. The van der Waals surface area contributed by atoms with E-state index in [2.05, 4.69) is 32.9 Å². The summed E-state index contributed by atoms with van der Waals surface area (Å²) in [7, 11) is 0. The maximum absolute atomic E-state index is 11.5. The minimum absolute atomic E-state index is 0.0534. The van der Waals surface area contributed by atoms with E-state index in [-0.39, 0.29) is 29.6 Å². The number of hydrogen-bond donors (Lipinski definition) is 1. The van der Waals surface area contributed by atoms with Crippen molar-refractivity contribution in [3.8, 4) is 5.75 Å². The highest BCUT2D eigenvalue weighted by molar-refractivity contribution is 6.30. The van der Waals surface area contributed by atoms with E-state index in [9.17, 15) is 9.90 Å². The lowest BCUT2D eigenvalue weighted by atomic mass is 9.70. The van der Waals surface area contributed by atoms with Gasteiger partial charge in [0.1, 0.15) is 11.4 Å². The first-order chi connectivity index (χ1) is 13.3. The van der Waals surface area contributed by atoms with E-state index in [0.29, 0.717) is 0 Å². The smallest absolute Gasteiger partial charge is 0.335 e. The van der Waals surface area contributed by atoms with Crippen molar-refractivity contribution in [2.75, 3.05) is 0 Å². The van der Waals surface area contributed by atoms with Gasteiger partial charge in [0, 0.05) is 22.4 Å². The minimum atomic E-state index is -0.939. The van der Waals surface area contributed by atoms with Gasteiger partial charge >= 0.3 is 5.97 Å². The normalized spacial score (nSPS) is 28.0. The van der Waals surface area contributed by atoms with E-state index in [1.807, 2.05) is 12.1 Å². The molecule has 4 nitrogen and oxygen atoms in total. The number of carboxylic acid groups (broad SMARTS) is 1. The summed E-state index contributed by atoms with van der Waals surface area (Å²) in [6.07, 6.45) is 1.67. The molecule has 1 saturated heterocycles. The SMILES string of the molecule is CC[C@@H]1O[C@@H]2c3cc(C(=O)O)ccc3OC(C)(C)[C@H]2C[C@@H]1c1ccc(Cl)cc1. The van der Waals surface area contributed by atoms with Crippen LogP contribution in [0.5, 0.6) is 5.75 Å². The molecule has 2 heterocycles. The molecule has 148 valence electrons. The molecule has 0 amide bonds. The van der Waals surface area contributed by atoms with Gasteiger partial charge in [0.15, 0.2) is 0 Å². The molecule has 2 aromatic carbocycles. The molecule has 2 aliphatic rings. The number of rotatable bonds is 3. The van der Waals surface area contributed by atoms with E-state index in [1.165, 1.54) is 5.56 Å². The predicted molar refractivity (Wildman–Crippen MR) is 108 cm³/mol. The number of carboxylic acids is 1. The van der Waals surface area contributed by atoms with Crippen molar-refractivity contribution in [3.63, 3.8) is 0 Å². The monoisotopic (exact) mass is 400 g/mol. The molecule has 2 aromatic rings. The molecule has 0 radical (unpaired) electrons. The summed E-state index contributed by atoms with van der Waals surface area (Å²) < 4.78 is 12.9. The van der Waals surface area contributed by atoms with Crippen molar-refractivity contribution in [1.29, 1.82) is 0 Å². The summed E-state index contributed by atoms with van der Waals surface area (Å²) in [5.74, 6) is 0.144. The fraction of sp³-hybridized carbons (Fsp3) is 0.435. The van der Waals surface area contributed by atoms with Crippen LogP contribution in [0.1, 0.15) is 67.1 Å². The molecule has 1 N–H and O–H groups in total. The van der Waals surface area contributed by atoms with Crippen molar-refractivity contribution in [3.05, 3.63) is 64.2 Å². The van der Waals surface area contributed by atoms with Gasteiger partial charge in [-0.3, -0.25) is 0 Å². The van der Waals surface area contributed by atoms with Crippen LogP contribution in [0.25, 0.3) is 0 Å². The molecule has 0 aliphatic carbocycles. The van der Waals surface area contributed by atoms with Crippen LogP contribution >= 0.6 is 11.6 Å². The lowest BCUT2D eigenvalue weighted by molar-refractivity contribution is -0.159. The number of benzene rings is 2. The van der Waals surface area contributed by atoms with E-state index in [1.54, 1.807) is 18.2 Å². The summed E-state index contributed by atoms with van der Waals surface area (Å²) in [6, 6.07) is 13.1. The zero-order chi connectivity index (χ0) is 20.1. The Morgan fingerprint density at radius 3 is 2.57 bits per heavy atom. The summed E-state index contributed by atoms with van der Waals surface area (Å²) in [6.45, 7) is 6.31. The highest BCUT2D eigenvalue weighted by atomic mass is 35.5. The van der Waals surface area contributed by atoms with Crippen LogP contribution in [0.2, 0.25) is 5.02 Å². The third-order valence-corrected chi connectivity index (χ3v) is 6.43. The van der Waals surface area contributed by atoms with Crippen molar-refractivity contribution in [1.82, 2.24) is 0 Å². The summed E-state index contributed by atoms with van der Waals surface area (Å²) in [5, 5.41) is 10.1. The van der Waals surface area contributed by atoms with Crippen molar-refractivity contribution >= 4 is 17.6 Å². The molecule has 4 atom stereocenters. The minimum Gasteiger partial charge on any atom is -0.487 e. The fourth-order valence-corrected chi connectivity index (χ4v) is 4.79. The van der Waals surface area contributed by atoms with Gasteiger partial charge in [-0.25, -0.2) is 4.79 Å². The zero-order valence-electron chi connectivity index (χ0n) is 16.3. The number of aromatic carboxylic acids is 1. The topological polar surface area (TPSA) is 55.8 Å². The van der Waals surface area contributed by atoms with Gasteiger partial charge in [0.25, 0.3) is 0 Å². The predicted octanol–water partition coefficient (Wildman–Crippen LogP) is 5.85. The largest absolute Gasteiger partial charge is 0.487 e. The van der Waals surface area contributed by atoms with Crippen LogP contribution in [-0.2, 0) is 4.74 Å². The molecule has 4 rings (SSSR count). The number of ether oxygens (including phenoxy) is 2. The molecule has 1 fully saturated rings. The van der Waals surface area contributed by atoms with Crippen molar-refractivity contribution in [2.45, 2.75) is 57.3 Å². The second-order valence-electron chi connectivity index (χ2n) is 8.27. The Morgan fingerprint density at radius 1 is 1.21 bits per heavy atom. The number of carbonyl (C=O) groups is 1. The summed E-state index contributed by atoms with van der Waals surface area (Å²) in [5.41, 5.74) is 1.91. The maximum Gasteiger partial charge on any atom is 0.335 e. The van der Waals surface area contributed by atoms with Gasteiger partial charge in [0.2, 0.25) is 0 Å². The van der Waals surface area contributed by atoms with Crippen LogP contribution < -0.4 is 4.74 Å². The Morgan fingerprint density at radius 2 is 1.93 bits per heavy atom. The Balaban J connectivity index is 1.74. The molecule has 5 heteroatoms. The first-order valence-corrected chi connectivity index (χ1v) is 10.1. The molecule has 0 aromatic heterocycles. The molecule has 28 heavy (non-hydrogen) atoms. The third-order valence-electron chi connectivity index (χ3n) is 6.17. The fourth-order valence-electron chi connectivity index (χ4n) is 4.66. The van der Waals surface area contributed by atoms with Gasteiger partial charge in [-0.2, -0.15) is 0 Å². The van der Waals surface area contributed by atoms with Gasteiger partial charge in [-0.05, 0) is 62.6 Å². The van der Waals surface area contributed by atoms with Crippen molar-refractivity contribution in [2.24, 2.45) is 5.92 Å². The molecule has 0 unspecified atom stereocenters. The molecule has 0 saturated carbocycles. The highest BCUT2D eigenvalue weighted by Gasteiger charge is 2.50. The number of halogens is 1. The van der Waals surface area contributed by atoms with Crippen LogP contribution in [0, 0.1) is 5.92 Å². The van der Waals surface area contributed by atoms with Crippen LogP contribution in [0.15, 0.2) is 42.5 Å². The van der Waals surface area contributed by atoms with E-state index < -0.39 is 11.6 Å². The Bertz CT molecular complexity index is 890. The first kappa shape index (κ1) is 19.3.